The van der Waals surface area contributed by atoms with Crippen LogP contribution in [0, 0.1) is 5.82 Å². The van der Waals surface area contributed by atoms with E-state index < -0.39 is 0 Å². The monoisotopic (exact) mass is 373 g/mol. The highest BCUT2D eigenvalue weighted by Gasteiger charge is 2.45. The maximum absolute atomic E-state index is 13.2. The lowest BCUT2D eigenvalue weighted by Crippen LogP contribution is -2.55. The van der Waals surface area contributed by atoms with Crippen LogP contribution in [-0.2, 0) is 0 Å². The second kappa shape index (κ2) is 7.78. The summed E-state index contributed by atoms with van der Waals surface area (Å²) in [6, 6.07) is 8.94. The Kier molecular flexibility index (Phi) is 5.40. The van der Waals surface area contributed by atoms with Gasteiger partial charge in [-0.2, -0.15) is 0 Å². The highest BCUT2D eigenvalue weighted by Crippen LogP contribution is 2.43. The highest BCUT2D eigenvalue weighted by molar-refractivity contribution is 5.76. The normalized spacial score (nSPS) is 28.8. The van der Waals surface area contributed by atoms with E-state index in [1.165, 1.54) is 5.56 Å². The molecule has 148 valence electrons. The van der Waals surface area contributed by atoms with Crippen molar-refractivity contribution in [2.75, 3.05) is 13.1 Å². The molecule has 27 heavy (non-hydrogen) atoms. The van der Waals surface area contributed by atoms with Crippen LogP contribution in [0.15, 0.2) is 24.3 Å². The Morgan fingerprint density at radius 2 is 1.63 bits per heavy atom. The van der Waals surface area contributed by atoms with Gasteiger partial charge in [0.05, 0.1) is 0 Å². The third-order valence-electron chi connectivity index (χ3n) is 6.63. The number of hydrogen-bond acceptors (Lipinski definition) is 2. The van der Waals surface area contributed by atoms with E-state index in [1.54, 1.807) is 12.1 Å². The van der Waals surface area contributed by atoms with Crippen LogP contribution in [-0.4, -0.2) is 53.1 Å². The molecule has 3 fully saturated rings. The summed E-state index contributed by atoms with van der Waals surface area (Å²) in [6.07, 6.45) is 6.34. The van der Waals surface area contributed by atoms with E-state index in [-0.39, 0.29) is 11.8 Å². The van der Waals surface area contributed by atoms with Crippen molar-refractivity contribution in [1.82, 2.24) is 15.1 Å². The molecule has 3 saturated heterocycles. The zero-order chi connectivity index (χ0) is 19.0. The summed E-state index contributed by atoms with van der Waals surface area (Å²) in [4.78, 5) is 17.5. The van der Waals surface area contributed by atoms with Crippen molar-refractivity contribution in [3.63, 3.8) is 0 Å². The number of benzene rings is 1. The largest absolute Gasteiger partial charge is 0.325 e. The van der Waals surface area contributed by atoms with Gasteiger partial charge in [-0.25, -0.2) is 9.18 Å². The minimum Gasteiger partial charge on any atom is -0.325 e. The van der Waals surface area contributed by atoms with Crippen molar-refractivity contribution in [3.05, 3.63) is 35.6 Å². The van der Waals surface area contributed by atoms with Gasteiger partial charge in [0.15, 0.2) is 0 Å². The number of halogens is 1. The first-order valence-electron chi connectivity index (χ1n) is 10.6. The second-order valence-electron chi connectivity index (χ2n) is 8.88. The molecule has 1 N–H and O–H groups in total. The van der Waals surface area contributed by atoms with Crippen LogP contribution in [0.4, 0.5) is 9.18 Å². The summed E-state index contributed by atoms with van der Waals surface area (Å²) in [6.45, 7) is 6.09. The van der Waals surface area contributed by atoms with Crippen molar-refractivity contribution in [2.45, 2.75) is 82.5 Å². The number of hydrogen-bond donors (Lipinski definition) is 1. The number of rotatable bonds is 3. The van der Waals surface area contributed by atoms with E-state index in [0.717, 1.165) is 51.6 Å². The molecule has 2 amide bonds. The van der Waals surface area contributed by atoms with Gasteiger partial charge in [0.2, 0.25) is 0 Å². The first-order valence-corrected chi connectivity index (χ1v) is 10.6. The van der Waals surface area contributed by atoms with E-state index in [1.807, 2.05) is 12.1 Å². The van der Waals surface area contributed by atoms with Gasteiger partial charge in [0, 0.05) is 37.3 Å². The van der Waals surface area contributed by atoms with Crippen molar-refractivity contribution in [3.8, 4) is 0 Å². The fraction of sp³-hybridized carbons (Fsp3) is 0.682. The van der Waals surface area contributed by atoms with Gasteiger partial charge in [0.25, 0.3) is 0 Å². The fourth-order valence-electron chi connectivity index (χ4n) is 5.37. The van der Waals surface area contributed by atoms with Crippen molar-refractivity contribution >= 4 is 6.03 Å². The number of fused-ring (bicyclic) bond motifs is 2. The smallest absolute Gasteiger partial charge is 0.320 e. The predicted molar refractivity (Wildman–Crippen MR) is 105 cm³/mol. The third-order valence-corrected chi connectivity index (χ3v) is 6.63. The van der Waals surface area contributed by atoms with Gasteiger partial charge in [0.1, 0.15) is 5.82 Å². The molecular weight excluding hydrogens is 341 g/mol. The van der Waals surface area contributed by atoms with E-state index in [2.05, 4.69) is 29.0 Å². The number of urea groups is 1. The summed E-state index contributed by atoms with van der Waals surface area (Å²) < 4.78 is 13.2. The van der Waals surface area contributed by atoms with Crippen LogP contribution in [0.3, 0.4) is 0 Å². The lowest BCUT2D eigenvalue weighted by molar-refractivity contribution is 0.0949. The van der Waals surface area contributed by atoms with Crippen LogP contribution in [0.1, 0.15) is 63.9 Å². The number of carbonyl (C=O) groups is 1. The van der Waals surface area contributed by atoms with Crippen LogP contribution < -0.4 is 5.32 Å². The van der Waals surface area contributed by atoms with Crippen molar-refractivity contribution in [1.29, 1.82) is 0 Å². The molecule has 3 aliphatic rings. The average molecular weight is 374 g/mol. The maximum Gasteiger partial charge on any atom is 0.320 e. The Hall–Kier alpha value is -1.62. The zero-order valence-corrected chi connectivity index (χ0v) is 16.5. The van der Waals surface area contributed by atoms with Crippen LogP contribution in [0.25, 0.3) is 0 Å². The summed E-state index contributed by atoms with van der Waals surface area (Å²) in [5, 5.41) is 3.60. The SMILES string of the molecule is CC(C)NC1CCN(C(=O)N2[C@@H]3CC[C@H]2C[C@@H](c2ccc(F)cc2)C3)CC1. The van der Waals surface area contributed by atoms with Crippen LogP contribution in [0.2, 0.25) is 0 Å². The molecule has 1 aromatic carbocycles. The van der Waals surface area contributed by atoms with E-state index >= 15 is 0 Å². The van der Waals surface area contributed by atoms with Gasteiger partial charge in [-0.05, 0) is 62.1 Å². The first-order chi connectivity index (χ1) is 13.0. The molecule has 2 bridgehead atoms. The number of amides is 2. The molecule has 0 saturated carbocycles. The molecule has 3 atom stereocenters. The summed E-state index contributed by atoms with van der Waals surface area (Å²) >= 11 is 0. The number of piperidine rings is 2. The lowest BCUT2D eigenvalue weighted by Gasteiger charge is -2.43. The number of nitrogens with one attached hydrogen (secondary N) is 1. The minimum atomic E-state index is -0.176. The second-order valence-corrected chi connectivity index (χ2v) is 8.88. The molecule has 0 radical (unpaired) electrons. The molecule has 5 heteroatoms. The number of likely N-dealkylation sites (tertiary alicyclic amines) is 1. The molecule has 1 aromatic rings. The fourth-order valence-corrected chi connectivity index (χ4v) is 5.37. The molecule has 4 nitrogen and oxygen atoms in total. The Morgan fingerprint density at radius 3 is 2.19 bits per heavy atom. The van der Waals surface area contributed by atoms with Gasteiger partial charge in [-0.15, -0.1) is 0 Å². The highest BCUT2D eigenvalue weighted by atomic mass is 19.1. The Labute approximate surface area is 162 Å². The summed E-state index contributed by atoms with van der Waals surface area (Å²) in [5.41, 5.74) is 1.22. The molecule has 4 rings (SSSR count). The van der Waals surface area contributed by atoms with Crippen LogP contribution in [0.5, 0.6) is 0 Å². The summed E-state index contributed by atoms with van der Waals surface area (Å²) in [7, 11) is 0. The summed E-state index contributed by atoms with van der Waals surface area (Å²) in [5.74, 6) is 0.276. The number of carbonyl (C=O) groups excluding carboxylic acids is 1. The molecule has 0 aliphatic carbocycles. The van der Waals surface area contributed by atoms with Gasteiger partial charge in [-0.1, -0.05) is 26.0 Å². The molecule has 0 aromatic heterocycles. The molecule has 0 unspecified atom stereocenters. The van der Waals surface area contributed by atoms with Gasteiger partial charge < -0.3 is 15.1 Å². The molecule has 3 heterocycles. The Bertz CT molecular complexity index is 640. The molecular formula is C22H32FN3O. The quantitative estimate of drug-likeness (QED) is 0.865. The van der Waals surface area contributed by atoms with E-state index in [4.69, 9.17) is 0 Å². The zero-order valence-electron chi connectivity index (χ0n) is 16.5. The average Bonchev–Trinajstić information content (AvgIpc) is 2.91. The van der Waals surface area contributed by atoms with E-state index in [9.17, 15) is 9.18 Å². The maximum atomic E-state index is 13.2. The number of nitrogens with zero attached hydrogens (tertiary/aromatic N) is 2. The van der Waals surface area contributed by atoms with Crippen molar-refractivity contribution < 1.29 is 9.18 Å². The standard InChI is InChI=1S/C22H32FN3O/c1-15(2)24-19-9-11-25(12-10-19)22(27)26-20-7-8-21(26)14-17(13-20)16-3-5-18(23)6-4-16/h3-6,15,17,19-21,24H,7-14H2,1-2H3/t17-,20+,21-. The van der Waals surface area contributed by atoms with Crippen molar-refractivity contribution in [2.24, 2.45) is 0 Å². The Morgan fingerprint density at radius 1 is 1.04 bits per heavy atom. The Balaban J connectivity index is 1.37. The van der Waals surface area contributed by atoms with E-state index in [0.29, 0.717) is 30.1 Å². The van der Waals surface area contributed by atoms with Crippen LogP contribution >= 0.6 is 0 Å². The molecule has 3 aliphatic heterocycles. The topological polar surface area (TPSA) is 35.6 Å². The van der Waals surface area contributed by atoms with Gasteiger partial charge in [-0.3, -0.25) is 0 Å². The minimum absolute atomic E-state index is 0.176. The lowest BCUT2D eigenvalue weighted by atomic mass is 9.85. The predicted octanol–water partition coefficient (Wildman–Crippen LogP) is 4.12. The molecule has 0 spiro atoms. The first kappa shape index (κ1) is 18.7. The van der Waals surface area contributed by atoms with Gasteiger partial charge >= 0.3 is 6.03 Å². The third kappa shape index (κ3) is 3.98.